The van der Waals surface area contributed by atoms with Gasteiger partial charge in [0.1, 0.15) is 5.54 Å². The largest absolute Gasteiger partial charge is 0.480 e. The van der Waals surface area contributed by atoms with E-state index in [0.29, 0.717) is 6.42 Å². The van der Waals surface area contributed by atoms with Crippen molar-refractivity contribution < 1.29 is 9.90 Å². The number of carbonyl (C=O) groups is 1. The summed E-state index contributed by atoms with van der Waals surface area (Å²) in [4.78, 5) is 15.0. The number of rotatable bonds is 4. The van der Waals surface area contributed by atoms with E-state index < -0.39 is 11.5 Å². The minimum absolute atomic E-state index is 0.167. The summed E-state index contributed by atoms with van der Waals surface area (Å²) in [5, 5.41) is 9.59. The third-order valence-corrected chi connectivity index (χ3v) is 5.79. The fourth-order valence-electron chi connectivity index (χ4n) is 2.93. The standard InChI is InChI=1S/C13H18BrNO2S/c1-3-13(12(16)17)7-4-8-15(13)9(2)10-5-6-11(14)18-10/h5-6,9H,3-4,7-8H2,1-2H3,(H,16,17). The molecule has 0 spiro atoms. The molecule has 1 aliphatic heterocycles. The lowest BCUT2D eigenvalue weighted by molar-refractivity contribution is -0.151. The van der Waals surface area contributed by atoms with E-state index in [1.54, 1.807) is 11.3 Å². The molecule has 1 aromatic heterocycles. The van der Waals surface area contributed by atoms with Gasteiger partial charge in [0.05, 0.1) is 3.79 Å². The van der Waals surface area contributed by atoms with E-state index in [-0.39, 0.29) is 6.04 Å². The molecule has 1 aromatic rings. The fourth-order valence-corrected chi connectivity index (χ4v) is 4.42. The monoisotopic (exact) mass is 331 g/mol. The van der Waals surface area contributed by atoms with E-state index in [0.717, 1.165) is 23.2 Å². The van der Waals surface area contributed by atoms with Crippen LogP contribution in [0.2, 0.25) is 0 Å². The SMILES string of the molecule is CCC1(C(=O)O)CCCN1C(C)c1ccc(Br)s1. The molecule has 1 aliphatic rings. The highest BCUT2D eigenvalue weighted by molar-refractivity contribution is 9.11. The molecular formula is C13H18BrNO2S. The molecule has 2 atom stereocenters. The summed E-state index contributed by atoms with van der Waals surface area (Å²) in [5.74, 6) is -0.676. The van der Waals surface area contributed by atoms with Crippen molar-refractivity contribution in [3.05, 3.63) is 20.8 Å². The number of nitrogens with zero attached hydrogens (tertiary/aromatic N) is 1. The smallest absolute Gasteiger partial charge is 0.324 e. The van der Waals surface area contributed by atoms with Gasteiger partial charge in [-0.3, -0.25) is 9.69 Å². The summed E-state index contributed by atoms with van der Waals surface area (Å²) in [6, 6.07) is 4.28. The molecule has 100 valence electrons. The summed E-state index contributed by atoms with van der Waals surface area (Å²) in [7, 11) is 0. The predicted molar refractivity (Wildman–Crippen MR) is 77.0 cm³/mol. The van der Waals surface area contributed by atoms with Gasteiger partial charge in [0.15, 0.2) is 0 Å². The topological polar surface area (TPSA) is 40.5 Å². The molecule has 1 N–H and O–H groups in total. The third kappa shape index (κ3) is 2.24. The molecule has 0 aliphatic carbocycles. The number of carboxylic acid groups (broad SMARTS) is 1. The minimum atomic E-state index is -0.676. The lowest BCUT2D eigenvalue weighted by Crippen LogP contribution is -2.50. The molecule has 3 nitrogen and oxygen atoms in total. The maximum atomic E-state index is 11.7. The molecule has 18 heavy (non-hydrogen) atoms. The Morgan fingerprint density at radius 1 is 1.67 bits per heavy atom. The highest BCUT2D eigenvalue weighted by Gasteiger charge is 2.48. The van der Waals surface area contributed by atoms with Crippen molar-refractivity contribution in [3.63, 3.8) is 0 Å². The van der Waals surface area contributed by atoms with E-state index in [1.165, 1.54) is 4.88 Å². The molecule has 0 radical (unpaired) electrons. The van der Waals surface area contributed by atoms with Crippen LogP contribution in [0.3, 0.4) is 0 Å². The van der Waals surface area contributed by atoms with E-state index in [2.05, 4.69) is 33.8 Å². The van der Waals surface area contributed by atoms with Crippen molar-refractivity contribution in [1.82, 2.24) is 4.90 Å². The van der Waals surface area contributed by atoms with Crippen LogP contribution >= 0.6 is 27.3 Å². The quantitative estimate of drug-likeness (QED) is 0.909. The van der Waals surface area contributed by atoms with Crippen molar-refractivity contribution in [2.75, 3.05) is 6.54 Å². The number of hydrogen-bond acceptors (Lipinski definition) is 3. The van der Waals surface area contributed by atoms with Gasteiger partial charge in [-0.2, -0.15) is 0 Å². The van der Waals surface area contributed by atoms with Gasteiger partial charge in [0, 0.05) is 10.9 Å². The first-order valence-electron chi connectivity index (χ1n) is 6.26. The third-order valence-electron chi connectivity index (χ3n) is 4.00. The Balaban J connectivity index is 2.29. The van der Waals surface area contributed by atoms with E-state index in [9.17, 15) is 9.90 Å². The average Bonchev–Trinajstić information content (AvgIpc) is 2.94. The second kappa shape index (κ2) is 5.31. The van der Waals surface area contributed by atoms with E-state index in [4.69, 9.17) is 0 Å². The van der Waals surface area contributed by atoms with Crippen molar-refractivity contribution >= 4 is 33.2 Å². The molecule has 2 heterocycles. The minimum Gasteiger partial charge on any atom is -0.480 e. The van der Waals surface area contributed by atoms with Gasteiger partial charge in [-0.05, 0) is 60.8 Å². The first kappa shape index (κ1) is 14.0. The van der Waals surface area contributed by atoms with Crippen molar-refractivity contribution in [2.24, 2.45) is 0 Å². The fraction of sp³-hybridized carbons (Fsp3) is 0.615. The molecule has 5 heteroatoms. The average molecular weight is 332 g/mol. The van der Waals surface area contributed by atoms with Gasteiger partial charge in [0.25, 0.3) is 0 Å². The highest BCUT2D eigenvalue weighted by atomic mass is 79.9. The van der Waals surface area contributed by atoms with Gasteiger partial charge in [0.2, 0.25) is 0 Å². The molecule has 0 saturated carbocycles. The summed E-state index contributed by atoms with van der Waals surface area (Å²) in [6.07, 6.45) is 2.39. The predicted octanol–water partition coefficient (Wildman–Crippen LogP) is 3.90. The second-order valence-electron chi connectivity index (χ2n) is 4.81. The van der Waals surface area contributed by atoms with Crippen LogP contribution in [0, 0.1) is 0 Å². The molecule has 1 saturated heterocycles. The van der Waals surface area contributed by atoms with Gasteiger partial charge >= 0.3 is 5.97 Å². The zero-order valence-electron chi connectivity index (χ0n) is 10.6. The number of aliphatic carboxylic acids is 1. The molecule has 0 aromatic carbocycles. The number of hydrogen-bond donors (Lipinski definition) is 1. The van der Waals surface area contributed by atoms with Crippen LogP contribution in [0.5, 0.6) is 0 Å². The van der Waals surface area contributed by atoms with Crippen LogP contribution in [0.1, 0.15) is 44.0 Å². The second-order valence-corrected chi connectivity index (χ2v) is 7.30. The molecule has 2 rings (SSSR count). The number of likely N-dealkylation sites (tertiary alicyclic amines) is 1. The zero-order valence-corrected chi connectivity index (χ0v) is 13.1. The Hall–Kier alpha value is -0.390. The van der Waals surface area contributed by atoms with Crippen LogP contribution < -0.4 is 0 Å². The van der Waals surface area contributed by atoms with Crippen LogP contribution in [0.25, 0.3) is 0 Å². The number of carboxylic acids is 1. The van der Waals surface area contributed by atoms with Crippen LogP contribution in [0.4, 0.5) is 0 Å². The number of thiophene rings is 1. The Morgan fingerprint density at radius 3 is 2.89 bits per heavy atom. The Kier molecular flexibility index (Phi) is 4.14. The maximum Gasteiger partial charge on any atom is 0.324 e. The van der Waals surface area contributed by atoms with E-state index >= 15 is 0 Å². The van der Waals surface area contributed by atoms with Crippen LogP contribution in [-0.2, 0) is 4.79 Å². The van der Waals surface area contributed by atoms with Crippen LogP contribution in [0.15, 0.2) is 15.9 Å². The summed E-state index contributed by atoms with van der Waals surface area (Å²) in [5.41, 5.74) is -0.671. The van der Waals surface area contributed by atoms with Gasteiger partial charge in [-0.1, -0.05) is 6.92 Å². The van der Waals surface area contributed by atoms with Crippen molar-refractivity contribution in [3.8, 4) is 0 Å². The Bertz CT molecular complexity index is 448. The van der Waals surface area contributed by atoms with Crippen LogP contribution in [-0.4, -0.2) is 28.1 Å². The number of halogens is 1. The van der Waals surface area contributed by atoms with Gasteiger partial charge in [-0.25, -0.2) is 0 Å². The lowest BCUT2D eigenvalue weighted by atomic mass is 9.92. The zero-order chi connectivity index (χ0) is 13.3. The Labute approximate surface area is 120 Å². The summed E-state index contributed by atoms with van der Waals surface area (Å²) < 4.78 is 1.10. The first-order valence-corrected chi connectivity index (χ1v) is 7.87. The maximum absolute atomic E-state index is 11.7. The normalized spacial score (nSPS) is 26.4. The van der Waals surface area contributed by atoms with Gasteiger partial charge < -0.3 is 5.11 Å². The highest BCUT2D eigenvalue weighted by Crippen LogP contribution is 2.41. The first-order chi connectivity index (χ1) is 8.51. The summed E-state index contributed by atoms with van der Waals surface area (Å²) >= 11 is 5.15. The molecule has 0 amide bonds. The molecular weight excluding hydrogens is 314 g/mol. The molecule has 2 unspecified atom stereocenters. The lowest BCUT2D eigenvalue weighted by Gasteiger charge is -2.37. The Morgan fingerprint density at radius 2 is 2.39 bits per heavy atom. The molecule has 0 bridgehead atoms. The van der Waals surface area contributed by atoms with E-state index in [1.807, 2.05) is 13.0 Å². The van der Waals surface area contributed by atoms with Gasteiger partial charge in [-0.15, -0.1) is 11.3 Å². The van der Waals surface area contributed by atoms with Crippen molar-refractivity contribution in [1.29, 1.82) is 0 Å². The summed E-state index contributed by atoms with van der Waals surface area (Å²) in [6.45, 7) is 4.96. The molecule has 1 fully saturated rings. The van der Waals surface area contributed by atoms with Crippen molar-refractivity contribution in [2.45, 2.75) is 44.7 Å².